The van der Waals surface area contributed by atoms with Crippen molar-refractivity contribution in [2.24, 2.45) is 0 Å². The highest BCUT2D eigenvalue weighted by Crippen LogP contribution is 2.30. The normalized spacial score (nSPS) is 11.0. The average Bonchev–Trinajstić information content (AvgIpc) is 2.48. The molecule has 0 spiro atoms. The van der Waals surface area contributed by atoms with Gasteiger partial charge in [0.15, 0.2) is 4.90 Å². The van der Waals surface area contributed by atoms with Crippen molar-refractivity contribution in [3.8, 4) is 5.75 Å². The highest BCUT2D eigenvalue weighted by molar-refractivity contribution is 7.92. The lowest BCUT2D eigenvalue weighted by atomic mass is 10.3. The van der Waals surface area contributed by atoms with Crippen LogP contribution in [0.4, 0.5) is 15.8 Å². The first-order valence-corrected chi connectivity index (χ1v) is 7.43. The zero-order valence-electron chi connectivity index (χ0n) is 11.3. The Labute approximate surface area is 125 Å². The van der Waals surface area contributed by atoms with Crippen molar-refractivity contribution in [1.29, 1.82) is 0 Å². The second kappa shape index (κ2) is 5.98. The van der Waals surface area contributed by atoms with Crippen molar-refractivity contribution in [3.05, 3.63) is 58.4 Å². The molecule has 9 heteroatoms. The van der Waals surface area contributed by atoms with E-state index in [1.54, 1.807) is 0 Å². The van der Waals surface area contributed by atoms with E-state index in [0.29, 0.717) is 0 Å². The maximum atomic E-state index is 13.5. The minimum absolute atomic E-state index is 0.136. The second-order valence-electron chi connectivity index (χ2n) is 4.18. The van der Waals surface area contributed by atoms with Crippen LogP contribution >= 0.6 is 0 Å². The fourth-order valence-electron chi connectivity index (χ4n) is 1.74. The van der Waals surface area contributed by atoms with Gasteiger partial charge in [0.1, 0.15) is 11.6 Å². The van der Waals surface area contributed by atoms with Crippen molar-refractivity contribution in [1.82, 2.24) is 0 Å². The summed E-state index contributed by atoms with van der Waals surface area (Å²) in [5, 5.41) is 11.0. The summed E-state index contributed by atoms with van der Waals surface area (Å²) in [6.45, 7) is 0. The third-order valence-corrected chi connectivity index (χ3v) is 4.18. The van der Waals surface area contributed by atoms with Crippen molar-refractivity contribution in [2.45, 2.75) is 4.90 Å². The largest absolute Gasteiger partial charge is 0.497 e. The number of nitro groups is 1. The van der Waals surface area contributed by atoms with Crippen molar-refractivity contribution < 1.29 is 22.5 Å². The standard InChI is InChI=1S/C13H11FN2O5S/c1-21-9-6-7-13(12(8-9)16(17)18)22(19,20)15-11-5-3-2-4-10(11)14/h2-8,15H,1H3. The van der Waals surface area contributed by atoms with Crippen molar-refractivity contribution in [2.75, 3.05) is 11.8 Å². The Kier molecular flexibility index (Phi) is 4.27. The first-order valence-electron chi connectivity index (χ1n) is 5.95. The van der Waals surface area contributed by atoms with Crippen LogP contribution in [0.2, 0.25) is 0 Å². The Hall–Kier alpha value is -2.68. The van der Waals surface area contributed by atoms with E-state index in [9.17, 15) is 22.9 Å². The summed E-state index contributed by atoms with van der Waals surface area (Å²) >= 11 is 0. The molecule has 2 rings (SSSR count). The van der Waals surface area contributed by atoms with E-state index in [4.69, 9.17) is 4.74 Å². The molecule has 116 valence electrons. The predicted molar refractivity (Wildman–Crippen MR) is 76.9 cm³/mol. The van der Waals surface area contributed by atoms with Crippen LogP contribution in [0.25, 0.3) is 0 Å². The number of hydrogen-bond donors (Lipinski definition) is 1. The number of anilines is 1. The lowest BCUT2D eigenvalue weighted by Gasteiger charge is -2.10. The van der Waals surface area contributed by atoms with Crippen LogP contribution in [-0.4, -0.2) is 20.5 Å². The zero-order chi connectivity index (χ0) is 16.3. The Morgan fingerprint density at radius 3 is 2.50 bits per heavy atom. The molecule has 0 amide bonds. The number of halogens is 1. The molecule has 0 aliphatic carbocycles. The van der Waals surface area contributed by atoms with Gasteiger partial charge in [-0.1, -0.05) is 12.1 Å². The van der Waals surface area contributed by atoms with E-state index in [2.05, 4.69) is 0 Å². The Morgan fingerprint density at radius 1 is 1.23 bits per heavy atom. The van der Waals surface area contributed by atoms with E-state index in [1.165, 1.54) is 31.4 Å². The summed E-state index contributed by atoms with van der Waals surface area (Å²) in [7, 11) is -3.03. The summed E-state index contributed by atoms with van der Waals surface area (Å²) in [5.74, 6) is -0.654. The van der Waals surface area contributed by atoms with Gasteiger partial charge in [-0.2, -0.15) is 0 Å². The number of rotatable bonds is 5. The molecule has 0 saturated carbocycles. The van der Waals surface area contributed by atoms with Crippen LogP contribution in [0.15, 0.2) is 47.4 Å². The van der Waals surface area contributed by atoms with E-state index in [1.807, 2.05) is 4.72 Å². The molecule has 2 aromatic carbocycles. The molecule has 0 unspecified atom stereocenters. The SMILES string of the molecule is COc1ccc(S(=O)(=O)Nc2ccccc2F)c([N+](=O)[O-])c1. The molecular weight excluding hydrogens is 315 g/mol. The highest BCUT2D eigenvalue weighted by Gasteiger charge is 2.27. The minimum Gasteiger partial charge on any atom is -0.497 e. The van der Waals surface area contributed by atoms with Gasteiger partial charge >= 0.3 is 0 Å². The third kappa shape index (κ3) is 3.14. The van der Waals surface area contributed by atoms with Crippen LogP contribution in [0.3, 0.4) is 0 Å². The molecular formula is C13H11FN2O5S. The quantitative estimate of drug-likeness (QED) is 0.672. The van der Waals surface area contributed by atoms with Gasteiger partial charge in [0.25, 0.3) is 15.7 Å². The number of ether oxygens (including phenoxy) is 1. The lowest BCUT2D eigenvalue weighted by Crippen LogP contribution is -2.15. The molecule has 2 aromatic rings. The number of nitrogens with zero attached hydrogens (tertiary/aromatic N) is 1. The molecule has 1 N–H and O–H groups in total. The number of para-hydroxylation sites is 1. The Balaban J connectivity index is 2.50. The highest BCUT2D eigenvalue weighted by atomic mass is 32.2. The van der Waals surface area contributed by atoms with E-state index in [-0.39, 0.29) is 11.4 Å². The molecule has 0 heterocycles. The van der Waals surface area contributed by atoms with Crippen LogP contribution in [0, 0.1) is 15.9 Å². The summed E-state index contributed by atoms with van der Waals surface area (Å²) < 4.78 is 44.9. The van der Waals surface area contributed by atoms with Gasteiger partial charge in [-0.05, 0) is 24.3 Å². The van der Waals surface area contributed by atoms with Crippen LogP contribution < -0.4 is 9.46 Å². The van der Waals surface area contributed by atoms with E-state index >= 15 is 0 Å². The number of benzene rings is 2. The topological polar surface area (TPSA) is 98.5 Å². The van der Waals surface area contributed by atoms with Crippen LogP contribution in [0.5, 0.6) is 5.75 Å². The van der Waals surface area contributed by atoms with Gasteiger partial charge in [0, 0.05) is 0 Å². The third-order valence-electron chi connectivity index (χ3n) is 2.77. The van der Waals surface area contributed by atoms with E-state index in [0.717, 1.165) is 18.2 Å². The molecule has 0 saturated heterocycles. The number of nitrogens with one attached hydrogen (secondary N) is 1. The first kappa shape index (κ1) is 15.7. The molecule has 0 aliphatic rings. The van der Waals surface area contributed by atoms with Crippen molar-refractivity contribution in [3.63, 3.8) is 0 Å². The molecule has 0 aliphatic heterocycles. The average molecular weight is 326 g/mol. The number of hydrogen-bond acceptors (Lipinski definition) is 5. The number of nitro benzene ring substituents is 1. The molecule has 7 nitrogen and oxygen atoms in total. The molecule has 0 atom stereocenters. The molecule has 0 aromatic heterocycles. The zero-order valence-corrected chi connectivity index (χ0v) is 12.1. The maximum Gasteiger partial charge on any atom is 0.293 e. The molecule has 0 bridgehead atoms. The van der Waals surface area contributed by atoms with Gasteiger partial charge in [-0.15, -0.1) is 0 Å². The van der Waals surface area contributed by atoms with Gasteiger partial charge in [0.2, 0.25) is 0 Å². The Bertz CT molecular complexity index is 823. The minimum atomic E-state index is -4.32. The summed E-state index contributed by atoms with van der Waals surface area (Å²) in [5.41, 5.74) is -0.962. The van der Waals surface area contributed by atoms with E-state index < -0.39 is 31.3 Å². The first-order chi connectivity index (χ1) is 10.3. The summed E-state index contributed by atoms with van der Waals surface area (Å²) in [6.07, 6.45) is 0. The van der Waals surface area contributed by atoms with Crippen LogP contribution in [0.1, 0.15) is 0 Å². The monoisotopic (exact) mass is 326 g/mol. The van der Waals surface area contributed by atoms with Gasteiger partial charge < -0.3 is 4.74 Å². The molecule has 0 fully saturated rings. The fourth-order valence-corrected chi connectivity index (χ4v) is 2.96. The molecule has 0 radical (unpaired) electrons. The number of sulfonamides is 1. The Morgan fingerprint density at radius 2 is 1.91 bits per heavy atom. The van der Waals surface area contributed by atoms with Crippen molar-refractivity contribution >= 4 is 21.4 Å². The number of methoxy groups -OCH3 is 1. The lowest BCUT2D eigenvalue weighted by molar-refractivity contribution is -0.387. The van der Waals surface area contributed by atoms with Gasteiger partial charge in [-0.3, -0.25) is 14.8 Å². The van der Waals surface area contributed by atoms with Gasteiger partial charge in [0.05, 0.1) is 23.8 Å². The summed E-state index contributed by atoms with van der Waals surface area (Å²) in [6, 6.07) is 8.38. The fraction of sp³-hybridized carbons (Fsp3) is 0.0769. The summed E-state index contributed by atoms with van der Waals surface area (Å²) in [4.78, 5) is 9.61. The molecule has 22 heavy (non-hydrogen) atoms. The smallest absolute Gasteiger partial charge is 0.293 e. The maximum absolute atomic E-state index is 13.5. The second-order valence-corrected chi connectivity index (χ2v) is 5.83. The van der Waals surface area contributed by atoms with Gasteiger partial charge in [-0.25, -0.2) is 12.8 Å². The predicted octanol–water partition coefficient (Wildman–Crippen LogP) is 2.54. The van der Waals surface area contributed by atoms with Crippen LogP contribution in [-0.2, 0) is 10.0 Å².